The first-order valence-corrected chi connectivity index (χ1v) is 7.28. The van der Waals surface area contributed by atoms with Gasteiger partial charge in [0.25, 0.3) is 0 Å². The van der Waals surface area contributed by atoms with Crippen molar-refractivity contribution in [2.24, 2.45) is 0 Å². The van der Waals surface area contributed by atoms with Crippen LogP contribution >= 0.6 is 0 Å². The van der Waals surface area contributed by atoms with Crippen molar-refractivity contribution in [2.75, 3.05) is 0 Å². The van der Waals surface area contributed by atoms with Gasteiger partial charge in [-0.1, -0.05) is 45.0 Å². The van der Waals surface area contributed by atoms with E-state index in [0.717, 1.165) is 36.0 Å². The Bertz CT molecular complexity index is 615. The number of aryl methyl sites for hydroxylation is 3. The molecular weight excluding hydrogens is 248 g/mol. The molecular formula is C18H22O2. The van der Waals surface area contributed by atoms with Crippen molar-refractivity contribution in [2.45, 2.75) is 40.0 Å². The summed E-state index contributed by atoms with van der Waals surface area (Å²) >= 11 is 0. The first-order valence-electron chi connectivity index (χ1n) is 7.28. The van der Waals surface area contributed by atoms with Gasteiger partial charge in [-0.2, -0.15) is 0 Å². The Hall–Kier alpha value is -1.96. The average molecular weight is 270 g/mol. The zero-order valence-electron chi connectivity index (χ0n) is 12.4. The minimum absolute atomic E-state index is 0.278. The van der Waals surface area contributed by atoms with Crippen molar-refractivity contribution in [3.8, 4) is 22.6 Å². The third-order valence-electron chi connectivity index (χ3n) is 3.83. The lowest BCUT2D eigenvalue weighted by Gasteiger charge is -2.14. The highest BCUT2D eigenvalue weighted by Gasteiger charge is 2.15. The lowest BCUT2D eigenvalue weighted by molar-refractivity contribution is 0.462. The molecule has 0 aromatic heterocycles. The number of para-hydroxylation sites is 1. The fourth-order valence-corrected chi connectivity index (χ4v) is 2.53. The van der Waals surface area contributed by atoms with Gasteiger partial charge in [-0.25, -0.2) is 0 Å². The highest BCUT2D eigenvalue weighted by atomic mass is 16.3. The van der Waals surface area contributed by atoms with E-state index in [-0.39, 0.29) is 11.5 Å². The molecule has 0 amide bonds. The van der Waals surface area contributed by atoms with Gasteiger partial charge in [-0.05, 0) is 42.0 Å². The van der Waals surface area contributed by atoms with Crippen LogP contribution in [-0.4, -0.2) is 10.2 Å². The van der Waals surface area contributed by atoms with E-state index in [1.54, 1.807) is 0 Å². The van der Waals surface area contributed by atoms with Crippen molar-refractivity contribution in [1.82, 2.24) is 0 Å². The zero-order chi connectivity index (χ0) is 14.7. The van der Waals surface area contributed by atoms with Crippen LogP contribution in [0.4, 0.5) is 0 Å². The summed E-state index contributed by atoms with van der Waals surface area (Å²) in [7, 11) is 0. The maximum absolute atomic E-state index is 10.4. The summed E-state index contributed by atoms with van der Waals surface area (Å²) in [4.78, 5) is 0. The summed E-state index contributed by atoms with van der Waals surface area (Å²) in [5.41, 5.74) is 4.46. The van der Waals surface area contributed by atoms with Crippen molar-refractivity contribution >= 4 is 0 Å². The third kappa shape index (κ3) is 2.51. The molecule has 0 radical (unpaired) electrons. The quantitative estimate of drug-likeness (QED) is 0.861. The number of phenols is 2. The largest absolute Gasteiger partial charge is 0.507 e. The van der Waals surface area contributed by atoms with Gasteiger partial charge in [-0.3, -0.25) is 0 Å². The highest BCUT2D eigenvalue weighted by molar-refractivity contribution is 5.78. The smallest absolute Gasteiger partial charge is 0.126 e. The molecule has 0 saturated carbocycles. The topological polar surface area (TPSA) is 40.5 Å². The number of hydrogen-bond donors (Lipinski definition) is 2. The predicted molar refractivity (Wildman–Crippen MR) is 83.3 cm³/mol. The van der Waals surface area contributed by atoms with E-state index >= 15 is 0 Å². The lowest BCUT2D eigenvalue weighted by Crippen LogP contribution is -1.92. The molecule has 2 N–H and O–H groups in total. The molecule has 0 aliphatic carbocycles. The Morgan fingerprint density at radius 2 is 1.40 bits per heavy atom. The molecule has 106 valence electrons. The van der Waals surface area contributed by atoms with Crippen LogP contribution in [0.1, 0.15) is 37.5 Å². The first kappa shape index (κ1) is 14.4. The summed E-state index contributed by atoms with van der Waals surface area (Å²) in [6, 6.07) is 9.73. The maximum Gasteiger partial charge on any atom is 0.126 e. The summed E-state index contributed by atoms with van der Waals surface area (Å²) in [5.74, 6) is 0.564. The van der Waals surface area contributed by atoms with Crippen LogP contribution < -0.4 is 0 Å². The second-order valence-electron chi connectivity index (χ2n) is 5.03. The van der Waals surface area contributed by atoms with Gasteiger partial charge in [0.15, 0.2) is 0 Å². The average Bonchev–Trinajstić information content (AvgIpc) is 2.48. The second kappa shape index (κ2) is 6.00. The predicted octanol–water partition coefficient (Wildman–Crippen LogP) is 4.45. The highest BCUT2D eigenvalue weighted by Crippen LogP contribution is 2.40. The molecule has 0 aliphatic heterocycles. The molecule has 20 heavy (non-hydrogen) atoms. The normalized spacial score (nSPS) is 10.8. The van der Waals surface area contributed by atoms with Crippen LogP contribution in [0.2, 0.25) is 0 Å². The molecule has 2 nitrogen and oxygen atoms in total. The monoisotopic (exact) mass is 270 g/mol. The number of hydrogen-bond acceptors (Lipinski definition) is 2. The Morgan fingerprint density at radius 3 is 2.00 bits per heavy atom. The van der Waals surface area contributed by atoms with E-state index in [1.807, 2.05) is 44.2 Å². The molecule has 0 bridgehead atoms. The summed E-state index contributed by atoms with van der Waals surface area (Å²) in [6.45, 7) is 6.14. The number of benzene rings is 2. The summed E-state index contributed by atoms with van der Waals surface area (Å²) in [6.07, 6.45) is 2.46. The van der Waals surface area contributed by atoms with Crippen LogP contribution in [-0.2, 0) is 19.3 Å². The van der Waals surface area contributed by atoms with E-state index < -0.39 is 0 Å². The van der Waals surface area contributed by atoms with Crippen LogP contribution in [0.3, 0.4) is 0 Å². The van der Waals surface area contributed by atoms with Crippen molar-refractivity contribution in [3.63, 3.8) is 0 Å². The maximum atomic E-state index is 10.4. The van der Waals surface area contributed by atoms with Gasteiger partial charge in [0.05, 0.1) is 0 Å². The molecule has 2 aromatic rings. The molecule has 0 saturated heterocycles. The standard InChI is InChI=1S/C18H22O2/c1-4-12-10-14(6-3)18(20)16(11-12)15-9-7-8-13(5-2)17(15)19/h7-11,19-20H,4-6H2,1-3H3. The van der Waals surface area contributed by atoms with Crippen molar-refractivity contribution in [1.29, 1.82) is 0 Å². The van der Waals surface area contributed by atoms with E-state index in [1.165, 1.54) is 5.56 Å². The molecule has 0 unspecified atom stereocenters. The number of aromatic hydroxyl groups is 2. The van der Waals surface area contributed by atoms with Gasteiger partial charge >= 0.3 is 0 Å². The molecule has 0 aliphatic rings. The first-order chi connectivity index (χ1) is 9.62. The SMILES string of the molecule is CCc1cc(CC)c(O)c(-c2cccc(CC)c2O)c1. The van der Waals surface area contributed by atoms with Crippen molar-refractivity contribution in [3.05, 3.63) is 47.0 Å². The fourth-order valence-electron chi connectivity index (χ4n) is 2.53. The van der Waals surface area contributed by atoms with E-state index in [9.17, 15) is 10.2 Å². The fraction of sp³-hybridized carbons (Fsp3) is 0.333. The van der Waals surface area contributed by atoms with E-state index in [4.69, 9.17) is 0 Å². The minimum Gasteiger partial charge on any atom is -0.507 e. The van der Waals surface area contributed by atoms with Gasteiger partial charge in [0.1, 0.15) is 11.5 Å². The van der Waals surface area contributed by atoms with Crippen molar-refractivity contribution < 1.29 is 10.2 Å². The third-order valence-corrected chi connectivity index (χ3v) is 3.83. The van der Waals surface area contributed by atoms with Gasteiger partial charge in [0, 0.05) is 11.1 Å². The summed E-state index contributed by atoms with van der Waals surface area (Å²) in [5, 5.41) is 20.8. The molecule has 0 fully saturated rings. The Morgan fingerprint density at radius 1 is 0.750 bits per heavy atom. The van der Waals surface area contributed by atoms with Gasteiger partial charge in [-0.15, -0.1) is 0 Å². The Kier molecular flexibility index (Phi) is 4.33. The van der Waals surface area contributed by atoms with Crippen LogP contribution in [0, 0.1) is 0 Å². The Balaban J connectivity index is 2.69. The molecule has 0 atom stereocenters. The molecule has 0 heterocycles. The van der Waals surface area contributed by atoms with E-state index in [0.29, 0.717) is 5.56 Å². The van der Waals surface area contributed by atoms with Crippen LogP contribution in [0.15, 0.2) is 30.3 Å². The zero-order valence-corrected chi connectivity index (χ0v) is 12.4. The molecule has 2 heteroatoms. The van der Waals surface area contributed by atoms with Gasteiger partial charge in [0.2, 0.25) is 0 Å². The molecule has 2 rings (SSSR count). The number of phenolic OH excluding ortho intramolecular Hbond substituents is 2. The second-order valence-corrected chi connectivity index (χ2v) is 5.03. The van der Waals surface area contributed by atoms with Crippen LogP contribution in [0.25, 0.3) is 11.1 Å². The van der Waals surface area contributed by atoms with E-state index in [2.05, 4.69) is 6.92 Å². The van der Waals surface area contributed by atoms with Gasteiger partial charge < -0.3 is 10.2 Å². The summed E-state index contributed by atoms with van der Waals surface area (Å²) < 4.78 is 0. The Labute approximate surface area is 120 Å². The molecule has 2 aromatic carbocycles. The van der Waals surface area contributed by atoms with Crippen LogP contribution in [0.5, 0.6) is 11.5 Å². The number of rotatable bonds is 4. The molecule has 0 spiro atoms. The minimum atomic E-state index is 0.278. The lowest BCUT2D eigenvalue weighted by atomic mass is 9.94.